The minimum absolute atomic E-state index is 0. The van der Waals surface area contributed by atoms with Gasteiger partial charge in [-0.1, -0.05) is 6.07 Å². The van der Waals surface area contributed by atoms with E-state index < -0.39 is 24.9 Å². The summed E-state index contributed by atoms with van der Waals surface area (Å²) in [6.07, 6.45) is 0.934. The van der Waals surface area contributed by atoms with Gasteiger partial charge in [0.2, 0.25) is 0 Å². The Morgan fingerprint density at radius 3 is 1.93 bits per heavy atom. The molecule has 1 aromatic carbocycles. The summed E-state index contributed by atoms with van der Waals surface area (Å²) >= 11 is 0. The van der Waals surface area contributed by atoms with Gasteiger partial charge >= 0.3 is 51.4 Å². The topological polar surface area (TPSA) is 91.3 Å². The van der Waals surface area contributed by atoms with Crippen LogP contribution in [0.1, 0.15) is 0 Å². The Kier molecular flexibility index (Phi) is 5.62. The molecule has 0 heterocycles. The van der Waals surface area contributed by atoms with Crippen molar-refractivity contribution in [3.63, 3.8) is 0 Å². The van der Waals surface area contributed by atoms with Gasteiger partial charge in [0, 0.05) is 6.26 Å². The van der Waals surface area contributed by atoms with Gasteiger partial charge in [0.1, 0.15) is 10.1 Å². The number of benzene rings is 1. The number of sulfone groups is 1. The maximum Gasteiger partial charge on any atom is 1.00 e. The molecule has 15 heavy (non-hydrogen) atoms. The molecule has 1 aromatic rings. The molecule has 0 aliphatic carbocycles. The van der Waals surface area contributed by atoms with Gasteiger partial charge in [-0.05, 0) is 18.2 Å². The molecule has 0 aromatic heterocycles. The van der Waals surface area contributed by atoms with Crippen molar-refractivity contribution >= 4 is 20.0 Å². The number of rotatable bonds is 2. The first-order chi connectivity index (χ1) is 6.21. The van der Waals surface area contributed by atoms with Gasteiger partial charge < -0.3 is 4.55 Å². The van der Waals surface area contributed by atoms with Crippen LogP contribution in [0, 0.1) is 0 Å². The zero-order chi connectivity index (χ0) is 11.0. The molecular weight excluding hydrogens is 267 g/mol. The Labute approximate surface area is 131 Å². The minimum atomic E-state index is -4.60. The van der Waals surface area contributed by atoms with E-state index in [0.717, 1.165) is 18.4 Å². The van der Waals surface area contributed by atoms with E-state index in [2.05, 4.69) is 0 Å². The van der Waals surface area contributed by atoms with Crippen molar-refractivity contribution in [1.29, 1.82) is 0 Å². The molecule has 5 nitrogen and oxygen atoms in total. The van der Waals surface area contributed by atoms with Crippen LogP contribution in [0.4, 0.5) is 0 Å². The normalized spacial score (nSPS) is 11.9. The van der Waals surface area contributed by atoms with Crippen molar-refractivity contribution in [2.45, 2.75) is 9.79 Å². The van der Waals surface area contributed by atoms with Crippen molar-refractivity contribution in [2.24, 2.45) is 0 Å². The maximum absolute atomic E-state index is 11.0. The third-order valence-electron chi connectivity index (χ3n) is 1.52. The van der Waals surface area contributed by atoms with Crippen LogP contribution >= 0.6 is 0 Å². The van der Waals surface area contributed by atoms with Crippen molar-refractivity contribution in [1.82, 2.24) is 0 Å². The van der Waals surface area contributed by atoms with Crippen LogP contribution in [0.15, 0.2) is 34.1 Å². The van der Waals surface area contributed by atoms with E-state index in [9.17, 15) is 21.4 Å². The Morgan fingerprint density at radius 2 is 1.53 bits per heavy atom. The largest absolute Gasteiger partial charge is 1.00 e. The Balaban J connectivity index is 0.00000196. The Morgan fingerprint density at radius 1 is 1.07 bits per heavy atom. The molecule has 0 fully saturated rings. The molecule has 0 spiro atoms. The smallest absolute Gasteiger partial charge is 0.744 e. The molecule has 8 heteroatoms. The summed E-state index contributed by atoms with van der Waals surface area (Å²) in [6.45, 7) is 0. The second-order valence-electron chi connectivity index (χ2n) is 2.70. The van der Waals surface area contributed by atoms with Crippen molar-refractivity contribution in [3.8, 4) is 0 Å². The van der Waals surface area contributed by atoms with Crippen molar-refractivity contribution in [3.05, 3.63) is 24.3 Å². The predicted octanol–water partition coefficient (Wildman–Crippen LogP) is -3.00. The summed E-state index contributed by atoms with van der Waals surface area (Å²) in [5, 5.41) is 0. The van der Waals surface area contributed by atoms with Crippen LogP contribution in [0.5, 0.6) is 0 Å². The molecule has 0 aliphatic rings. The minimum Gasteiger partial charge on any atom is -0.744 e. The molecule has 0 saturated carbocycles. The van der Waals surface area contributed by atoms with E-state index in [-0.39, 0.29) is 56.3 Å². The fourth-order valence-corrected chi connectivity index (χ4v) is 2.12. The van der Waals surface area contributed by atoms with Gasteiger partial charge in [-0.3, -0.25) is 0 Å². The molecule has 0 bridgehead atoms. The summed E-state index contributed by atoms with van der Waals surface area (Å²) in [6, 6.07) is 4.33. The first-order valence-corrected chi connectivity index (χ1v) is 6.77. The van der Waals surface area contributed by atoms with Gasteiger partial charge in [0.25, 0.3) is 0 Å². The summed E-state index contributed by atoms with van der Waals surface area (Å²) in [4.78, 5) is -0.727. The predicted molar refractivity (Wildman–Crippen MR) is 47.5 cm³/mol. The molecule has 0 radical (unpaired) electrons. The Bertz CT molecular complexity index is 499. The quantitative estimate of drug-likeness (QED) is 0.423. The number of hydrogen-bond donors (Lipinski definition) is 0. The molecule has 0 saturated heterocycles. The second-order valence-corrected chi connectivity index (χ2v) is 6.10. The van der Waals surface area contributed by atoms with Gasteiger partial charge in [0.05, 0.1) is 9.79 Å². The van der Waals surface area contributed by atoms with Crippen molar-refractivity contribution in [2.75, 3.05) is 6.26 Å². The van der Waals surface area contributed by atoms with E-state index in [1.54, 1.807) is 0 Å². The fourth-order valence-electron chi connectivity index (χ4n) is 0.860. The number of hydrogen-bond acceptors (Lipinski definition) is 5. The zero-order valence-corrected chi connectivity index (χ0v) is 12.9. The van der Waals surface area contributed by atoms with E-state index >= 15 is 0 Å². The van der Waals surface area contributed by atoms with Crippen LogP contribution < -0.4 is 51.4 Å². The third kappa shape index (κ3) is 4.61. The van der Waals surface area contributed by atoms with E-state index in [1.165, 1.54) is 12.1 Å². The first-order valence-electron chi connectivity index (χ1n) is 3.47. The first kappa shape index (κ1) is 15.7. The summed E-state index contributed by atoms with van der Waals surface area (Å²) < 4.78 is 53.7. The average Bonchev–Trinajstić information content (AvgIpc) is 2.01. The average molecular weight is 274 g/mol. The molecule has 0 atom stereocenters. The summed E-state index contributed by atoms with van der Waals surface area (Å²) in [7, 11) is -8.09. The third-order valence-corrected chi connectivity index (χ3v) is 3.46. The zero-order valence-electron chi connectivity index (χ0n) is 8.17. The monoisotopic (exact) mass is 274 g/mol. The van der Waals surface area contributed by atoms with E-state index in [0.29, 0.717) is 0 Å². The molecule has 0 aliphatic heterocycles. The summed E-state index contributed by atoms with van der Waals surface area (Å²) in [5.41, 5.74) is 0. The van der Waals surface area contributed by atoms with Crippen LogP contribution in [0.2, 0.25) is 0 Å². The van der Waals surface area contributed by atoms with E-state index in [4.69, 9.17) is 0 Å². The Hall–Kier alpha value is 0.716. The molecule has 78 valence electrons. The fraction of sp³-hybridized carbons (Fsp3) is 0.143. The van der Waals surface area contributed by atoms with E-state index in [1.807, 2.05) is 0 Å². The second kappa shape index (κ2) is 5.37. The molecular formula is C7H7KO5S2. The van der Waals surface area contributed by atoms with Crippen LogP contribution in [0.25, 0.3) is 0 Å². The molecule has 0 N–H and O–H groups in total. The summed E-state index contributed by atoms with van der Waals surface area (Å²) in [5.74, 6) is 0. The van der Waals surface area contributed by atoms with Gasteiger partial charge in [-0.15, -0.1) is 0 Å². The van der Waals surface area contributed by atoms with Crippen LogP contribution in [0.3, 0.4) is 0 Å². The molecule has 1 rings (SSSR count). The standard InChI is InChI=1S/C7H8O5S2.K/c1-13(8,9)6-3-2-4-7(5-6)14(10,11)12;/h2-5H,1H3,(H,10,11,12);/q;+1/p-1. The SMILES string of the molecule is CS(=O)(=O)c1cccc(S(=O)(=O)[O-])c1.[K+]. The van der Waals surface area contributed by atoms with Crippen LogP contribution in [-0.4, -0.2) is 27.6 Å². The van der Waals surface area contributed by atoms with Crippen molar-refractivity contribution < 1.29 is 72.8 Å². The van der Waals surface area contributed by atoms with Gasteiger partial charge in [-0.25, -0.2) is 16.8 Å². The van der Waals surface area contributed by atoms with Gasteiger partial charge in [-0.2, -0.15) is 0 Å². The molecule has 0 amide bonds. The van der Waals surface area contributed by atoms with Crippen LogP contribution in [-0.2, 0) is 20.0 Å². The maximum atomic E-state index is 11.0. The molecule has 0 unspecified atom stereocenters. The van der Waals surface area contributed by atoms with Gasteiger partial charge in [0.15, 0.2) is 9.84 Å².